The van der Waals surface area contributed by atoms with Gasteiger partial charge in [0.1, 0.15) is 5.00 Å². The van der Waals surface area contributed by atoms with Gasteiger partial charge in [-0.3, -0.25) is 4.79 Å². The number of carbonyl (C=O) groups excluding carboxylic acids is 2. The molecular formula is C21H28N4O3S. The van der Waals surface area contributed by atoms with Gasteiger partial charge in [0.25, 0.3) is 0 Å². The van der Waals surface area contributed by atoms with E-state index in [9.17, 15) is 9.59 Å². The average Bonchev–Trinajstić information content (AvgIpc) is 3.02. The summed E-state index contributed by atoms with van der Waals surface area (Å²) in [6.07, 6.45) is 5.01. The molecule has 0 radical (unpaired) electrons. The first-order valence-electron chi connectivity index (χ1n) is 10.2. The van der Waals surface area contributed by atoms with Crippen molar-refractivity contribution in [2.75, 3.05) is 23.8 Å². The maximum atomic E-state index is 12.5. The van der Waals surface area contributed by atoms with Crippen LogP contribution in [0.3, 0.4) is 0 Å². The third kappa shape index (κ3) is 5.53. The van der Waals surface area contributed by atoms with Gasteiger partial charge in [0.2, 0.25) is 11.9 Å². The number of thiophene rings is 1. The quantitative estimate of drug-likeness (QED) is 0.498. The lowest BCUT2D eigenvalue weighted by Crippen LogP contribution is -2.16. The van der Waals surface area contributed by atoms with Gasteiger partial charge < -0.3 is 15.4 Å². The highest BCUT2D eigenvalue weighted by atomic mass is 32.1. The maximum Gasteiger partial charge on any atom is 0.341 e. The predicted molar refractivity (Wildman–Crippen MR) is 115 cm³/mol. The van der Waals surface area contributed by atoms with Gasteiger partial charge in [0, 0.05) is 29.2 Å². The Balaban J connectivity index is 1.57. The fraction of sp³-hybridized carbons (Fsp3) is 0.524. The largest absolute Gasteiger partial charge is 0.462 e. The van der Waals surface area contributed by atoms with E-state index in [4.69, 9.17) is 4.74 Å². The number of rotatable bonds is 8. The molecule has 0 aliphatic heterocycles. The van der Waals surface area contributed by atoms with Crippen molar-refractivity contribution in [2.45, 2.75) is 59.3 Å². The third-order valence-electron chi connectivity index (χ3n) is 4.75. The van der Waals surface area contributed by atoms with Crippen molar-refractivity contribution in [1.29, 1.82) is 0 Å². The summed E-state index contributed by atoms with van der Waals surface area (Å²) in [7, 11) is 0. The Bertz CT molecular complexity index is 874. The van der Waals surface area contributed by atoms with E-state index in [2.05, 4.69) is 20.6 Å². The number of esters is 1. The number of aromatic nitrogens is 2. The minimum atomic E-state index is -0.337. The Morgan fingerprint density at radius 2 is 1.90 bits per heavy atom. The SMILES string of the molecule is CCOC(=O)c1c(NC(=O)CCCNc2nc(C)cc(C)n2)sc2c1CCCC2. The number of aryl methyl sites for hydroxylation is 3. The highest BCUT2D eigenvalue weighted by Crippen LogP contribution is 2.38. The zero-order valence-electron chi connectivity index (χ0n) is 17.3. The van der Waals surface area contributed by atoms with E-state index in [1.165, 1.54) is 16.2 Å². The van der Waals surface area contributed by atoms with Gasteiger partial charge in [-0.15, -0.1) is 11.3 Å². The van der Waals surface area contributed by atoms with Crippen LogP contribution >= 0.6 is 11.3 Å². The lowest BCUT2D eigenvalue weighted by atomic mass is 9.95. The average molecular weight is 417 g/mol. The van der Waals surface area contributed by atoms with Gasteiger partial charge >= 0.3 is 5.97 Å². The maximum absolute atomic E-state index is 12.5. The molecule has 8 heteroatoms. The van der Waals surface area contributed by atoms with E-state index in [0.717, 1.165) is 42.6 Å². The fourth-order valence-electron chi connectivity index (χ4n) is 3.52. The van der Waals surface area contributed by atoms with Crippen LogP contribution in [0.4, 0.5) is 10.9 Å². The zero-order chi connectivity index (χ0) is 20.8. The number of hydrogen-bond donors (Lipinski definition) is 2. The van der Waals surface area contributed by atoms with Crippen LogP contribution < -0.4 is 10.6 Å². The summed E-state index contributed by atoms with van der Waals surface area (Å²) in [6.45, 7) is 6.57. The molecular weight excluding hydrogens is 388 g/mol. The number of anilines is 2. The topological polar surface area (TPSA) is 93.2 Å². The number of fused-ring (bicyclic) bond motifs is 1. The van der Waals surface area contributed by atoms with Crippen LogP contribution in [0.25, 0.3) is 0 Å². The molecule has 0 bridgehead atoms. The third-order valence-corrected chi connectivity index (χ3v) is 5.96. The van der Waals surface area contributed by atoms with Crippen molar-refractivity contribution in [3.8, 4) is 0 Å². The first kappa shape index (κ1) is 21.2. The molecule has 2 aromatic rings. The minimum Gasteiger partial charge on any atom is -0.462 e. The molecule has 156 valence electrons. The van der Waals surface area contributed by atoms with Crippen molar-refractivity contribution in [3.05, 3.63) is 33.5 Å². The summed E-state index contributed by atoms with van der Waals surface area (Å²) < 4.78 is 5.23. The summed E-state index contributed by atoms with van der Waals surface area (Å²) in [4.78, 5) is 34.8. The molecule has 2 N–H and O–H groups in total. The predicted octanol–water partition coefficient (Wildman–Crippen LogP) is 4.04. The first-order chi connectivity index (χ1) is 14.0. The van der Waals surface area contributed by atoms with Gasteiger partial charge in [-0.05, 0) is 64.5 Å². The molecule has 0 saturated carbocycles. The highest BCUT2D eigenvalue weighted by Gasteiger charge is 2.27. The molecule has 0 spiro atoms. The number of nitrogens with zero attached hydrogens (tertiary/aromatic N) is 2. The molecule has 0 saturated heterocycles. The van der Waals surface area contributed by atoms with Crippen molar-refractivity contribution >= 4 is 34.2 Å². The van der Waals surface area contributed by atoms with Crippen LogP contribution in [0.1, 0.15) is 64.8 Å². The lowest BCUT2D eigenvalue weighted by Gasteiger charge is -2.12. The van der Waals surface area contributed by atoms with Crippen molar-refractivity contribution in [2.24, 2.45) is 0 Å². The molecule has 2 aromatic heterocycles. The number of amides is 1. The Labute approximate surface area is 175 Å². The second kappa shape index (κ2) is 9.82. The summed E-state index contributed by atoms with van der Waals surface area (Å²) in [5.74, 6) is 0.145. The van der Waals surface area contributed by atoms with Gasteiger partial charge in [-0.2, -0.15) is 0 Å². The molecule has 0 fully saturated rings. The van der Waals surface area contributed by atoms with E-state index in [1.54, 1.807) is 6.92 Å². The molecule has 3 rings (SSSR count). The molecule has 0 unspecified atom stereocenters. The summed E-state index contributed by atoms with van der Waals surface area (Å²) in [5, 5.41) is 6.73. The summed E-state index contributed by atoms with van der Waals surface area (Å²) in [6, 6.07) is 1.92. The van der Waals surface area contributed by atoms with E-state index in [1.807, 2.05) is 19.9 Å². The zero-order valence-corrected chi connectivity index (χ0v) is 18.1. The molecule has 7 nitrogen and oxygen atoms in total. The van der Waals surface area contributed by atoms with E-state index >= 15 is 0 Å². The van der Waals surface area contributed by atoms with Crippen LogP contribution in [0, 0.1) is 13.8 Å². The van der Waals surface area contributed by atoms with E-state index in [0.29, 0.717) is 42.5 Å². The summed E-state index contributed by atoms with van der Waals surface area (Å²) >= 11 is 1.52. The van der Waals surface area contributed by atoms with Gasteiger partial charge in [-0.25, -0.2) is 14.8 Å². The van der Waals surface area contributed by atoms with Crippen LogP contribution in [0.15, 0.2) is 6.07 Å². The molecule has 1 aliphatic carbocycles. The molecule has 1 amide bonds. The Morgan fingerprint density at radius 3 is 2.62 bits per heavy atom. The molecule has 2 heterocycles. The van der Waals surface area contributed by atoms with Crippen LogP contribution in [0.2, 0.25) is 0 Å². The highest BCUT2D eigenvalue weighted by molar-refractivity contribution is 7.17. The lowest BCUT2D eigenvalue weighted by molar-refractivity contribution is -0.116. The van der Waals surface area contributed by atoms with Crippen molar-refractivity contribution in [1.82, 2.24) is 9.97 Å². The normalized spacial score (nSPS) is 12.9. The first-order valence-corrected chi connectivity index (χ1v) is 11.0. The molecule has 0 aromatic carbocycles. The van der Waals surface area contributed by atoms with Gasteiger partial charge in [0.15, 0.2) is 0 Å². The second-order valence-corrected chi connectivity index (χ2v) is 8.29. The van der Waals surface area contributed by atoms with Gasteiger partial charge in [-0.1, -0.05) is 0 Å². The van der Waals surface area contributed by atoms with E-state index < -0.39 is 0 Å². The fourth-order valence-corrected chi connectivity index (χ4v) is 4.81. The molecule has 1 aliphatic rings. The number of carbonyl (C=O) groups is 2. The Morgan fingerprint density at radius 1 is 1.17 bits per heavy atom. The second-order valence-electron chi connectivity index (χ2n) is 7.19. The number of hydrogen-bond acceptors (Lipinski definition) is 7. The van der Waals surface area contributed by atoms with Crippen molar-refractivity contribution < 1.29 is 14.3 Å². The summed E-state index contributed by atoms with van der Waals surface area (Å²) in [5.41, 5.74) is 3.43. The Kier molecular flexibility index (Phi) is 7.19. The number of nitrogens with one attached hydrogen (secondary N) is 2. The van der Waals surface area contributed by atoms with Crippen LogP contribution in [-0.2, 0) is 22.4 Å². The molecule has 0 atom stereocenters. The number of ether oxygens (including phenoxy) is 1. The van der Waals surface area contributed by atoms with Crippen molar-refractivity contribution in [3.63, 3.8) is 0 Å². The minimum absolute atomic E-state index is 0.0997. The standard InChI is InChI=1S/C21H28N4O3S/c1-4-28-20(27)18-15-8-5-6-9-16(15)29-19(18)25-17(26)10-7-11-22-21-23-13(2)12-14(3)24-21/h12H,4-11H2,1-3H3,(H,25,26)(H,22,23,24). The molecule has 29 heavy (non-hydrogen) atoms. The van der Waals surface area contributed by atoms with Crippen LogP contribution in [0.5, 0.6) is 0 Å². The monoisotopic (exact) mass is 416 g/mol. The Hall–Kier alpha value is -2.48. The van der Waals surface area contributed by atoms with Crippen LogP contribution in [-0.4, -0.2) is 35.0 Å². The van der Waals surface area contributed by atoms with E-state index in [-0.39, 0.29) is 11.9 Å². The van der Waals surface area contributed by atoms with Gasteiger partial charge in [0.05, 0.1) is 12.2 Å². The smallest absolute Gasteiger partial charge is 0.341 e.